The molecule has 0 amide bonds. The Balaban J connectivity index is 1.70. The molecule has 2 aromatic carbocycles. The first-order valence-electron chi connectivity index (χ1n) is 7.59. The molecule has 0 radical (unpaired) electrons. The van der Waals surface area contributed by atoms with Crippen LogP contribution in [-0.2, 0) is 0 Å². The van der Waals surface area contributed by atoms with Gasteiger partial charge in [0.15, 0.2) is 17.3 Å². The van der Waals surface area contributed by atoms with Crippen molar-refractivity contribution >= 4 is 30.0 Å². The number of nitrogens with one attached hydrogen (secondary N) is 1. The number of nitrogens with zero attached hydrogens (tertiary/aromatic N) is 3. The second-order valence-corrected chi connectivity index (χ2v) is 6.09. The van der Waals surface area contributed by atoms with E-state index < -0.39 is 0 Å². The summed E-state index contributed by atoms with van der Waals surface area (Å²) >= 11 is 11.5. The van der Waals surface area contributed by atoms with Crippen molar-refractivity contribution in [1.82, 2.24) is 14.9 Å². The van der Waals surface area contributed by atoms with Crippen molar-refractivity contribution in [2.75, 3.05) is 13.2 Å². The average molecular weight is 373 g/mol. The van der Waals surface area contributed by atoms with Gasteiger partial charge in [-0.3, -0.25) is 0 Å². The normalized spacial score (nSPS) is 13.3. The van der Waals surface area contributed by atoms with Crippen LogP contribution in [0.4, 0.5) is 0 Å². The Kier molecular flexibility index (Phi) is 4.25. The van der Waals surface area contributed by atoms with Crippen molar-refractivity contribution in [3.63, 3.8) is 0 Å². The largest absolute Gasteiger partial charge is 0.486 e. The van der Waals surface area contributed by atoms with Crippen LogP contribution in [0, 0.1) is 4.77 Å². The Morgan fingerprint density at radius 2 is 1.96 bits per heavy atom. The monoisotopic (exact) mass is 372 g/mol. The fourth-order valence-electron chi connectivity index (χ4n) is 2.48. The van der Waals surface area contributed by atoms with Crippen LogP contribution in [0.15, 0.2) is 47.6 Å². The van der Waals surface area contributed by atoms with Gasteiger partial charge >= 0.3 is 0 Å². The van der Waals surface area contributed by atoms with Gasteiger partial charge in [0, 0.05) is 5.56 Å². The molecule has 1 aliphatic rings. The van der Waals surface area contributed by atoms with E-state index in [0.29, 0.717) is 34.6 Å². The van der Waals surface area contributed by atoms with Crippen molar-refractivity contribution in [3.05, 3.63) is 57.8 Å². The number of benzene rings is 2. The summed E-state index contributed by atoms with van der Waals surface area (Å²) in [5, 5.41) is 12.0. The van der Waals surface area contributed by atoms with Crippen LogP contribution in [0.1, 0.15) is 5.56 Å². The van der Waals surface area contributed by atoms with E-state index in [0.717, 1.165) is 16.9 Å². The molecule has 0 saturated heterocycles. The molecule has 2 heterocycles. The summed E-state index contributed by atoms with van der Waals surface area (Å²) in [4.78, 5) is 0. The summed E-state index contributed by atoms with van der Waals surface area (Å²) in [7, 11) is 0. The lowest BCUT2D eigenvalue weighted by atomic mass is 10.2. The highest BCUT2D eigenvalue weighted by atomic mass is 35.5. The van der Waals surface area contributed by atoms with Crippen LogP contribution >= 0.6 is 23.8 Å². The zero-order valence-corrected chi connectivity index (χ0v) is 14.5. The number of rotatable bonds is 3. The predicted molar refractivity (Wildman–Crippen MR) is 98.3 cm³/mol. The maximum absolute atomic E-state index is 6.25. The highest BCUT2D eigenvalue weighted by molar-refractivity contribution is 7.71. The maximum atomic E-state index is 6.25. The van der Waals surface area contributed by atoms with Crippen LogP contribution in [0.5, 0.6) is 11.5 Å². The molecule has 0 unspecified atom stereocenters. The van der Waals surface area contributed by atoms with E-state index in [1.807, 2.05) is 36.4 Å². The van der Waals surface area contributed by atoms with E-state index in [9.17, 15) is 0 Å². The second-order valence-electron chi connectivity index (χ2n) is 5.29. The summed E-state index contributed by atoms with van der Waals surface area (Å²) in [6.07, 6.45) is 1.68. The van der Waals surface area contributed by atoms with E-state index in [1.165, 1.54) is 4.68 Å². The van der Waals surface area contributed by atoms with Gasteiger partial charge in [0.2, 0.25) is 4.77 Å². The van der Waals surface area contributed by atoms with Crippen LogP contribution in [0.2, 0.25) is 5.02 Å². The zero-order chi connectivity index (χ0) is 17.2. The van der Waals surface area contributed by atoms with Crippen LogP contribution in [0.3, 0.4) is 0 Å². The van der Waals surface area contributed by atoms with Crippen LogP contribution < -0.4 is 9.47 Å². The molecule has 0 bridgehead atoms. The fraction of sp³-hybridized carbons (Fsp3) is 0.118. The Labute approximate surface area is 153 Å². The van der Waals surface area contributed by atoms with Gasteiger partial charge in [-0.15, -0.1) is 0 Å². The lowest BCUT2D eigenvalue weighted by Crippen LogP contribution is -2.15. The lowest BCUT2D eigenvalue weighted by molar-refractivity contribution is 0.171. The van der Waals surface area contributed by atoms with Gasteiger partial charge in [-0.2, -0.15) is 14.9 Å². The van der Waals surface area contributed by atoms with Gasteiger partial charge in [-0.25, -0.2) is 5.10 Å². The van der Waals surface area contributed by atoms with E-state index in [1.54, 1.807) is 12.3 Å². The Hall–Kier alpha value is -2.64. The van der Waals surface area contributed by atoms with E-state index in [4.69, 9.17) is 33.3 Å². The van der Waals surface area contributed by atoms with E-state index in [2.05, 4.69) is 15.3 Å². The van der Waals surface area contributed by atoms with Gasteiger partial charge < -0.3 is 9.47 Å². The van der Waals surface area contributed by atoms with E-state index in [-0.39, 0.29) is 0 Å². The highest BCUT2D eigenvalue weighted by Gasteiger charge is 2.13. The molecule has 1 aromatic heterocycles. The zero-order valence-electron chi connectivity index (χ0n) is 13.0. The quantitative estimate of drug-likeness (QED) is 0.559. The molecular formula is C17H13ClN4O2S. The SMILES string of the molecule is S=c1[nH]nc(-c2ccccc2Cl)n1/N=C\c1ccc2c(c1)OCCO2. The molecule has 0 saturated carbocycles. The topological polar surface area (TPSA) is 64.4 Å². The molecule has 8 heteroatoms. The Bertz CT molecular complexity index is 1010. The van der Waals surface area contributed by atoms with Crippen molar-refractivity contribution in [2.24, 2.45) is 5.10 Å². The van der Waals surface area contributed by atoms with Crippen molar-refractivity contribution in [3.8, 4) is 22.9 Å². The van der Waals surface area contributed by atoms with Gasteiger partial charge in [-0.1, -0.05) is 23.7 Å². The van der Waals surface area contributed by atoms with Gasteiger partial charge in [0.05, 0.1) is 11.2 Å². The summed E-state index contributed by atoms with van der Waals surface area (Å²) in [6.45, 7) is 1.10. The number of H-pyrrole nitrogens is 1. The van der Waals surface area contributed by atoms with Crippen LogP contribution in [-0.4, -0.2) is 34.3 Å². The molecule has 4 rings (SSSR count). The number of aromatic amines is 1. The first-order valence-corrected chi connectivity index (χ1v) is 8.37. The number of ether oxygens (including phenoxy) is 2. The Morgan fingerprint density at radius 1 is 1.16 bits per heavy atom. The van der Waals surface area contributed by atoms with Gasteiger partial charge in [-0.05, 0) is 48.1 Å². The van der Waals surface area contributed by atoms with Crippen molar-refractivity contribution < 1.29 is 9.47 Å². The molecule has 0 spiro atoms. The number of aromatic nitrogens is 3. The minimum atomic E-state index is 0.378. The smallest absolute Gasteiger partial charge is 0.216 e. The third-order valence-electron chi connectivity index (χ3n) is 3.65. The molecule has 25 heavy (non-hydrogen) atoms. The average Bonchev–Trinajstić information content (AvgIpc) is 3.00. The molecule has 0 atom stereocenters. The summed E-state index contributed by atoms with van der Waals surface area (Å²) < 4.78 is 13.0. The molecular weight excluding hydrogens is 360 g/mol. The van der Waals surface area contributed by atoms with E-state index >= 15 is 0 Å². The third-order valence-corrected chi connectivity index (χ3v) is 4.25. The first-order chi connectivity index (χ1) is 12.2. The molecule has 1 N–H and O–H groups in total. The second kappa shape index (κ2) is 6.70. The predicted octanol–water partition coefficient (Wildman–Crippen LogP) is 3.91. The van der Waals surface area contributed by atoms with Crippen molar-refractivity contribution in [1.29, 1.82) is 0 Å². The summed E-state index contributed by atoms with van der Waals surface area (Å²) in [5.74, 6) is 1.99. The number of fused-ring (bicyclic) bond motifs is 1. The minimum absolute atomic E-state index is 0.378. The molecule has 0 fully saturated rings. The minimum Gasteiger partial charge on any atom is -0.486 e. The summed E-state index contributed by atoms with van der Waals surface area (Å²) in [5.41, 5.74) is 1.60. The molecule has 3 aromatic rings. The molecule has 0 aliphatic carbocycles. The molecule has 1 aliphatic heterocycles. The fourth-order valence-corrected chi connectivity index (χ4v) is 2.88. The number of hydrogen-bond acceptors (Lipinski definition) is 5. The summed E-state index contributed by atoms with van der Waals surface area (Å²) in [6, 6.07) is 13.0. The lowest BCUT2D eigenvalue weighted by Gasteiger charge is -2.18. The molecule has 6 nitrogen and oxygen atoms in total. The van der Waals surface area contributed by atoms with Crippen LogP contribution in [0.25, 0.3) is 11.4 Å². The highest BCUT2D eigenvalue weighted by Crippen LogP contribution is 2.30. The third kappa shape index (κ3) is 3.16. The number of halogens is 1. The number of hydrogen-bond donors (Lipinski definition) is 1. The van der Waals surface area contributed by atoms with Crippen molar-refractivity contribution in [2.45, 2.75) is 0 Å². The Morgan fingerprint density at radius 3 is 2.80 bits per heavy atom. The standard InChI is InChI=1S/C17H13ClN4O2S/c18-13-4-2-1-3-12(13)16-20-21-17(25)22(16)19-10-11-5-6-14-15(9-11)24-8-7-23-14/h1-6,9-10H,7-8H2,(H,21,25)/b19-10-. The first kappa shape index (κ1) is 15.9. The maximum Gasteiger partial charge on any atom is 0.216 e. The van der Waals surface area contributed by atoms with Gasteiger partial charge in [0.1, 0.15) is 13.2 Å². The molecule has 126 valence electrons. The van der Waals surface area contributed by atoms with Gasteiger partial charge in [0.25, 0.3) is 0 Å².